The minimum absolute atomic E-state index is 0.325. The van der Waals surface area contributed by atoms with Gasteiger partial charge in [-0.05, 0) is 18.6 Å². The summed E-state index contributed by atoms with van der Waals surface area (Å²) in [5.41, 5.74) is 6.41. The summed E-state index contributed by atoms with van der Waals surface area (Å²) in [6.07, 6.45) is 2.45. The fourth-order valence-corrected chi connectivity index (χ4v) is 3.11. The van der Waals surface area contributed by atoms with Gasteiger partial charge in [-0.15, -0.1) is 0 Å². The van der Waals surface area contributed by atoms with Crippen molar-refractivity contribution in [2.24, 2.45) is 0 Å². The third-order valence-corrected chi connectivity index (χ3v) is 4.26. The summed E-state index contributed by atoms with van der Waals surface area (Å²) in [6.45, 7) is 0.786. The molecule has 3 N–H and O–H groups in total. The van der Waals surface area contributed by atoms with Crippen molar-refractivity contribution in [1.82, 2.24) is 0 Å². The highest BCUT2D eigenvalue weighted by Crippen LogP contribution is 2.30. The molecule has 0 bridgehead atoms. The van der Waals surface area contributed by atoms with E-state index < -0.39 is 0 Å². The summed E-state index contributed by atoms with van der Waals surface area (Å²) in [7, 11) is 1.53. The van der Waals surface area contributed by atoms with Gasteiger partial charge in [-0.25, -0.2) is 4.39 Å². The monoisotopic (exact) mass is 256 g/mol. The van der Waals surface area contributed by atoms with Gasteiger partial charge in [0.15, 0.2) is 0 Å². The number of hydrogen-bond acceptors (Lipinski definition) is 4. The first-order chi connectivity index (χ1) is 8.20. The minimum Gasteiger partial charge on any atom is -0.495 e. The van der Waals surface area contributed by atoms with Crippen molar-refractivity contribution >= 4 is 23.1 Å². The van der Waals surface area contributed by atoms with Gasteiger partial charge in [0.25, 0.3) is 0 Å². The van der Waals surface area contributed by atoms with Crippen LogP contribution in [0.2, 0.25) is 0 Å². The Labute approximate surface area is 105 Å². The fourth-order valence-electron chi connectivity index (χ4n) is 1.91. The van der Waals surface area contributed by atoms with Crippen LogP contribution in [0.4, 0.5) is 15.8 Å². The highest BCUT2D eigenvalue weighted by Gasteiger charge is 2.16. The van der Waals surface area contributed by atoms with Gasteiger partial charge in [0, 0.05) is 23.9 Å². The SMILES string of the molecule is COc1cc(NCC2CCCS2)c(F)cc1N. The summed E-state index contributed by atoms with van der Waals surface area (Å²) in [4.78, 5) is 0. The van der Waals surface area contributed by atoms with Gasteiger partial charge in [-0.3, -0.25) is 0 Å². The van der Waals surface area contributed by atoms with Crippen molar-refractivity contribution in [2.45, 2.75) is 18.1 Å². The predicted molar refractivity (Wildman–Crippen MR) is 71.3 cm³/mol. The molecule has 5 heteroatoms. The van der Waals surface area contributed by atoms with E-state index in [0.29, 0.717) is 22.4 Å². The van der Waals surface area contributed by atoms with Crippen molar-refractivity contribution in [3.63, 3.8) is 0 Å². The second kappa shape index (κ2) is 5.49. The Balaban J connectivity index is 2.03. The van der Waals surface area contributed by atoms with E-state index >= 15 is 0 Å². The molecule has 3 nitrogen and oxygen atoms in total. The first-order valence-electron chi connectivity index (χ1n) is 5.69. The van der Waals surface area contributed by atoms with Crippen molar-refractivity contribution in [1.29, 1.82) is 0 Å². The normalized spacial score (nSPS) is 19.3. The molecule has 94 valence electrons. The van der Waals surface area contributed by atoms with Crippen LogP contribution in [-0.4, -0.2) is 24.7 Å². The van der Waals surface area contributed by atoms with Crippen LogP contribution in [0.25, 0.3) is 0 Å². The number of benzene rings is 1. The summed E-state index contributed by atoms with van der Waals surface area (Å²) in [6, 6.07) is 2.91. The molecule has 1 atom stereocenters. The molecule has 2 rings (SSSR count). The predicted octanol–water partition coefficient (Wildman–Crippen LogP) is 2.72. The van der Waals surface area contributed by atoms with Gasteiger partial charge >= 0.3 is 0 Å². The Hall–Kier alpha value is -1.10. The summed E-state index contributed by atoms with van der Waals surface area (Å²) < 4.78 is 18.7. The van der Waals surface area contributed by atoms with Crippen LogP contribution in [0.3, 0.4) is 0 Å². The van der Waals surface area contributed by atoms with E-state index in [1.54, 1.807) is 6.07 Å². The van der Waals surface area contributed by atoms with Gasteiger partial charge in [0.05, 0.1) is 18.5 Å². The maximum absolute atomic E-state index is 13.6. The number of hydrogen-bond donors (Lipinski definition) is 2. The standard InChI is InChI=1S/C12H17FN2OS/c1-16-12-6-11(9(13)5-10(12)14)15-7-8-3-2-4-17-8/h5-6,8,15H,2-4,7,14H2,1H3. The zero-order valence-electron chi connectivity index (χ0n) is 9.83. The lowest BCUT2D eigenvalue weighted by Gasteiger charge is -2.14. The maximum atomic E-state index is 13.6. The Bertz CT molecular complexity index is 394. The Morgan fingerprint density at radius 3 is 3.06 bits per heavy atom. The van der Waals surface area contributed by atoms with E-state index in [4.69, 9.17) is 10.5 Å². The molecule has 1 unspecified atom stereocenters. The number of methoxy groups -OCH3 is 1. The highest BCUT2D eigenvalue weighted by atomic mass is 32.2. The summed E-state index contributed by atoms with van der Waals surface area (Å²) in [5.74, 6) is 1.39. The number of nitrogens with two attached hydrogens (primary N) is 1. The average Bonchev–Trinajstić information content (AvgIpc) is 2.81. The van der Waals surface area contributed by atoms with Gasteiger partial charge in [0.1, 0.15) is 11.6 Å². The second-order valence-corrected chi connectivity index (χ2v) is 5.50. The molecular weight excluding hydrogens is 239 g/mol. The van der Waals surface area contributed by atoms with Crippen LogP contribution in [0.1, 0.15) is 12.8 Å². The first kappa shape index (κ1) is 12.4. The van der Waals surface area contributed by atoms with Crippen LogP contribution in [0.5, 0.6) is 5.75 Å². The minimum atomic E-state index is -0.328. The molecular formula is C12H17FN2OS. The van der Waals surface area contributed by atoms with E-state index in [1.807, 2.05) is 11.8 Å². The summed E-state index contributed by atoms with van der Waals surface area (Å²) in [5, 5.41) is 3.71. The molecule has 0 radical (unpaired) electrons. The molecule has 0 aromatic heterocycles. The quantitative estimate of drug-likeness (QED) is 0.813. The number of ether oxygens (including phenoxy) is 1. The molecule has 1 aliphatic rings. The smallest absolute Gasteiger partial charge is 0.148 e. The number of nitrogens with one attached hydrogen (secondary N) is 1. The molecule has 0 saturated carbocycles. The lowest BCUT2D eigenvalue weighted by molar-refractivity contribution is 0.416. The number of rotatable bonds is 4. The molecule has 1 fully saturated rings. The van der Waals surface area contributed by atoms with Crippen LogP contribution < -0.4 is 15.8 Å². The molecule has 0 aliphatic carbocycles. The Morgan fingerprint density at radius 1 is 1.59 bits per heavy atom. The van der Waals surface area contributed by atoms with Gasteiger partial charge in [0.2, 0.25) is 0 Å². The third kappa shape index (κ3) is 2.97. The van der Waals surface area contributed by atoms with Crippen LogP contribution in [0, 0.1) is 5.82 Å². The molecule has 1 aromatic carbocycles. The lowest BCUT2D eigenvalue weighted by atomic mass is 10.2. The number of thioether (sulfide) groups is 1. The third-order valence-electron chi connectivity index (χ3n) is 2.86. The highest BCUT2D eigenvalue weighted by molar-refractivity contribution is 8.00. The average molecular weight is 256 g/mol. The Kier molecular flexibility index (Phi) is 3.99. The second-order valence-electron chi connectivity index (χ2n) is 4.09. The van der Waals surface area contributed by atoms with Gasteiger partial charge in [-0.1, -0.05) is 0 Å². The summed E-state index contributed by atoms with van der Waals surface area (Å²) >= 11 is 1.94. The number of nitrogen functional groups attached to an aromatic ring is 1. The zero-order chi connectivity index (χ0) is 12.3. The van der Waals surface area contributed by atoms with Crippen molar-refractivity contribution in [3.05, 3.63) is 17.9 Å². The molecule has 17 heavy (non-hydrogen) atoms. The van der Waals surface area contributed by atoms with Crippen LogP contribution in [0.15, 0.2) is 12.1 Å². The van der Waals surface area contributed by atoms with Crippen molar-refractivity contribution < 1.29 is 9.13 Å². The molecule has 1 aliphatic heterocycles. The fraction of sp³-hybridized carbons (Fsp3) is 0.500. The molecule has 0 spiro atoms. The van der Waals surface area contributed by atoms with Crippen molar-refractivity contribution in [2.75, 3.05) is 30.5 Å². The zero-order valence-corrected chi connectivity index (χ0v) is 10.6. The van der Waals surface area contributed by atoms with Crippen LogP contribution >= 0.6 is 11.8 Å². The van der Waals surface area contributed by atoms with Gasteiger partial charge in [-0.2, -0.15) is 11.8 Å². The Morgan fingerprint density at radius 2 is 2.41 bits per heavy atom. The van der Waals surface area contributed by atoms with E-state index in [0.717, 1.165) is 6.54 Å². The molecule has 1 saturated heterocycles. The van der Waals surface area contributed by atoms with Gasteiger partial charge < -0.3 is 15.8 Å². The first-order valence-corrected chi connectivity index (χ1v) is 6.74. The lowest BCUT2D eigenvalue weighted by Crippen LogP contribution is -2.14. The van der Waals surface area contributed by atoms with E-state index in [2.05, 4.69) is 5.32 Å². The van der Waals surface area contributed by atoms with Crippen molar-refractivity contribution in [3.8, 4) is 5.75 Å². The topological polar surface area (TPSA) is 47.3 Å². The van der Waals surface area contributed by atoms with E-state index in [1.165, 1.54) is 31.8 Å². The van der Waals surface area contributed by atoms with E-state index in [-0.39, 0.29) is 5.82 Å². The molecule has 1 heterocycles. The largest absolute Gasteiger partial charge is 0.495 e. The van der Waals surface area contributed by atoms with Crippen LogP contribution in [-0.2, 0) is 0 Å². The number of anilines is 2. The number of halogens is 1. The molecule has 1 aromatic rings. The maximum Gasteiger partial charge on any atom is 0.148 e. The molecule has 0 amide bonds. The van der Waals surface area contributed by atoms with E-state index in [9.17, 15) is 4.39 Å².